The molecule has 4 aromatic rings. The number of nitrogens with zero attached hydrogens (tertiary/aromatic N) is 4. The van der Waals surface area contributed by atoms with Gasteiger partial charge >= 0.3 is 0 Å². The molecule has 4 N–H and O–H groups in total. The summed E-state index contributed by atoms with van der Waals surface area (Å²) in [5.74, 6) is 0.948. The molecular weight excluding hydrogens is 901 g/mol. The molecule has 0 bridgehead atoms. The molecule has 72 heavy (non-hydrogen) atoms. The van der Waals surface area contributed by atoms with Crippen molar-refractivity contribution in [3.05, 3.63) is 150 Å². The predicted molar refractivity (Wildman–Crippen MR) is 281 cm³/mol. The highest BCUT2D eigenvalue weighted by Crippen LogP contribution is 2.52. The summed E-state index contributed by atoms with van der Waals surface area (Å²) in [6, 6.07) is 24.3. The van der Waals surface area contributed by atoms with Crippen molar-refractivity contribution in [2.45, 2.75) is 140 Å². The lowest BCUT2D eigenvalue weighted by molar-refractivity contribution is -0.129. The zero-order valence-corrected chi connectivity index (χ0v) is 42.2. The van der Waals surface area contributed by atoms with Crippen molar-refractivity contribution >= 4 is 24.0 Å². The monoisotopic (exact) mass is 975 g/mol. The number of rotatable bonds is 12. The largest absolute Gasteiger partial charge is 0.396 e. The zero-order valence-electron chi connectivity index (χ0n) is 42.2. The number of aliphatic hydroxyl groups excluding tert-OH is 2. The molecule has 2 aromatic carbocycles. The van der Waals surface area contributed by atoms with Gasteiger partial charge in [0.2, 0.25) is 11.8 Å². The quantitative estimate of drug-likeness (QED) is 0.124. The third-order valence-electron chi connectivity index (χ3n) is 18.4. The van der Waals surface area contributed by atoms with E-state index in [0.29, 0.717) is 36.1 Å². The number of likely N-dealkylation sites (tertiary alicyclic amines) is 2. The lowest BCUT2D eigenvalue weighted by Crippen LogP contribution is -2.52. The van der Waals surface area contributed by atoms with Gasteiger partial charge in [0.05, 0.1) is 24.2 Å². The Morgan fingerprint density at radius 3 is 1.25 bits per heavy atom. The van der Waals surface area contributed by atoms with E-state index < -0.39 is 0 Å². The van der Waals surface area contributed by atoms with E-state index in [4.69, 9.17) is 0 Å². The van der Waals surface area contributed by atoms with Gasteiger partial charge < -0.3 is 30.0 Å². The molecule has 6 heterocycles. The maximum Gasteiger partial charge on any atom is 0.258 e. The number of pyridine rings is 2. The summed E-state index contributed by atoms with van der Waals surface area (Å²) in [6.07, 6.45) is 20.7. The van der Waals surface area contributed by atoms with Crippen molar-refractivity contribution in [1.82, 2.24) is 29.6 Å². The number of aromatic nitrogens is 2. The van der Waals surface area contributed by atoms with Gasteiger partial charge in [-0.2, -0.15) is 0 Å². The van der Waals surface area contributed by atoms with Crippen molar-refractivity contribution in [2.75, 3.05) is 26.3 Å². The van der Waals surface area contributed by atoms with E-state index in [1.807, 2.05) is 59.4 Å². The van der Waals surface area contributed by atoms with Gasteiger partial charge in [-0.25, -0.2) is 0 Å². The number of carbonyl (C=O) groups is 2. The summed E-state index contributed by atoms with van der Waals surface area (Å²) in [7, 11) is 0. The number of fused-ring (bicyclic) bond motifs is 8. The predicted octanol–water partition coefficient (Wildman–Crippen LogP) is 6.64. The molecule has 12 nitrogen and oxygen atoms in total. The Morgan fingerprint density at radius 2 is 0.917 bits per heavy atom. The Labute approximate surface area is 424 Å². The third kappa shape index (κ3) is 8.98. The van der Waals surface area contributed by atoms with Crippen LogP contribution in [0, 0.1) is 35.5 Å². The number of benzene rings is 2. The molecule has 4 aliphatic heterocycles. The van der Waals surface area contributed by atoms with Crippen LogP contribution >= 0.6 is 0 Å². The summed E-state index contributed by atoms with van der Waals surface area (Å²) >= 11 is 0. The summed E-state index contributed by atoms with van der Waals surface area (Å²) in [5.41, 5.74) is 8.71. The van der Waals surface area contributed by atoms with Crippen LogP contribution in [-0.4, -0.2) is 91.4 Å². The highest BCUT2D eigenvalue weighted by Gasteiger charge is 2.57. The van der Waals surface area contributed by atoms with Crippen LogP contribution in [0.2, 0.25) is 0 Å². The Bertz CT molecular complexity index is 2600. The van der Waals surface area contributed by atoms with Crippen LogP contribution in [0.3, 0.4) is 0 Å². The first kappa shape index (κ1) is 48.8. The summed E-state index contributed by atoms with van der Waals surface area (Å²) in [4.78, 5) is 59.0. The van der Waals surface area contributed by atoms with E-state index in [1.165, 1.54) is 73.6 Å². The Morgan fingerprint density at radius 1 is 0.556 bits per heavy atom. The van der Waals surface area contributed by atoms with E-state index in [9.17, 15) is 29.4 Å². The first-order valence-corrected chi connectivity index (χ1v) is 27.4. The SMILES string of the molecule is C/C=C/c1ccc2n(c1=O)C[C@H]1[C@H](CO)[C@@H](C(=O)NC3Cc4ccccc4C3)N(CC3CCCC3)[C@@H]21.C/C=C\c1ccc2n(c1=O)C[C@H]1[C@H](CO)[C@@H](C(=O)NC3Cc4ccccc4C3)N(CC3CCCC3)[C@@H]21. The second kappa shape index (κ2) is 20.8. The van der Waals surface area contributed by atoms with Crippen molar-refractivity contribution in [2.24, 2.45) is 35.5 Å². The van der Waals surface area contributed by atoms with Crippen molar-refractivity contribution < 1.29 is 19.8 Å². The second-order valence-corrected chi connectivity index (χ2v) is 22.5. The van der Waals surface area contributed by atoms with Gasteiger partial charge in [-0.05, 0) is 124 Å². The number of amides is 2. The molecule has 2 saturated heterocycles. The van der Waals surface area contributed by atoms with Gasteiger partial charge in [0.1, 0.15) is 0 Å². The van der Waals surface area contributed by atoms with Crippen LogP contribution in [0.4, 0.5) is 0 Å². The molecule has 2 saturated carbocycles. The van der Waals surface area contributed by atoms with Crippen molar-refractivity contribution in [3.63, 3.8) is 0 Å². The molecule has 8 aliphatic rings. The van der Waals surface area contributed by atoms with E-state index in [2.05, 4.69) is 81.1 Å². The molecule has 4 aliphatic carbocycles. The van der Waals surface area contributed by atoms with Crippen LogP contribution < -0.4 is 21.8 Å². The first-order valence-electron chi connectivity index (χ1n) is 27.4. The molecular formula is C60H74N6O6. The summed E-state index contributed by atoms with van der Waals surface area (Å²) < 4.78 is 3.80. The van der Waals surface area contributed by atoms with Gasteiger partial charge in [0, 0.05) is 97.7 Å². The molecule has 2 amide bonds. The average molecular weight is 975 g/mol. The third-order valence-corrected chi connectivity index (χ3v) is 18.4. The van der Waals surface area contributed by atoms with E-state index in [1.54, 1.807) is 0 Å². The number of carbonyl (C=O) groups excluding carboxylic acids is 2. The minimum Gasteiger partial charge on any atom is -0.396 e. The standard InChI is InChI=1S/2C30H37N3O3/c2*1-2-7-20-12-13-26-27-24(17-32(26)30(20)36)25(18-34)28(33(27)16-19-8-3-4-9-19)29(35)31-23-14-21-10-5-6-11-22(21)15-23/h2*2,5-7,10-13,19,23-25,27-28,34H,3-4,8-9,14-18H2,1H3,(H,31,35)/b7-2+;7-2-/t2*24-,25-,27+,28-/m00/s1. The van der Waals surface area contributed by atoms with Gasteiger partial charge in [0.25, 0.3) is 11.1 Å². The smallest absolute Gasteiger partial charge is 0.258 e. The molecule has 2 aromatic heterocycles. The Hall–Kier alpha value is -5.40. The van der Waals surface area contributed by atoms with Crippen LogP contribution in [0.15, 0.2) is 94.5 Å². The fraction of sp³-hybridized carbons (Fsp3) is 0.533. The highest BCUT2D eigenvalue weighted by molar-refractivity contribution is 5.84. The number of hydrogen-bond donors (Lipinski definition) is 4. The Balaban J connectivity index is 0.000000156. The maximum atomic E-state index is 13.9. The summed E-state index contributed by atoms with van der Waals surface area (Å²) in [5, 5.41) is 27.9. The number of allylic oxidation sites excluding steroid dienone is 2. The molecule has 380 valence electrons. The molecule has 4 fully saturated rings. The van der Waals surface area contributed by atoms with Crippen LogP contribution in [0.25, 0.3) is 12.2 Å². The summed E-state index contributed by atoms with van der Waals surface area (Å²) in [6.45, 7) is 6.58. The van der Waals surface area contributed by atoms with E-state index in [0.717, 1.165) is 50.2 Å². The second-order valence-electron chi connectivity index (χ2n) is 22.5. The highest BCUT2D eigenvalue weighted by atomic mass is 16.3. The Kier molecular flexibility index (Phi) is 14.1. The van der Waals surface area contributed by atoms with Crippen LogP contribution in [0.5, 0.6) is 0 Å². The van der Waals surface area contributed by atoms with E-state index in [-0.39, 0.29) is 96.1 Å². The lowest BCUT2D eigenvalue weighted by atomic mass is 9.88. The normalized spacial score (nSPS) is 28.1. The van der Waals surface area contributed by atoms with Crippen LogP contribution in [0.1, 0.15) is 122 Å². The van der Waals surface area contributed by atoms with Crippen molar-refractivity contribution in [1.29, 1.82) is 0 Å². The molecule has 0 radical (unpaired) electrons. The van der Waals surface area contributed by atoms with Gasteiger partial charge in [0.15, 0.2) is 0 Å². The molecule has 8 atom stereocenters. The molecule has 0 spiro atoms. The number of nitrogens with one attached hydrogen (secondary N) is 2. The molecule has 12 heteroatoms. The average Bonchev–Trinajstić information content (AvgIpc) is 4.25. The fourth-order valence-electron chi connectivity index (χ4n) is 15.2. The van der Waals surface area contributed by atoms with Gasteiger partial charge in [-0.15, -0.1) is 0 Å². The minimum absolute atomic E-state index is 0.00775. The topological polar surface area (TPSA) is 149 Å². The maximum absolute atomic E-state index is 13.9. The minimum atomic E-state index is -0.367. The van der Waals surface area contributed by atoms with Gasteiger partial charge in [-0.1, -0.05) is 98.5 Å². The van der Waals surface area contributed by atoms with E-state index >= 15 is 0 Å². The lowest BCUT2D eigenvalue weighted by Gasteiger charge is -2.33. The van der Waals surface area contributed by atoms with Crippen LogP contribution in [-0.2, 0) is 48.4 Å². The van der Waals surface area contributed by atoms with Gasteiger partial charge in [-0.3, -0.25) is 29.0 Å². The number of aliphatic hydroxyl groups is 2. The fourth-order valence-corrected chi connectivity index (χ4v) is 15.2. The first-order chi connectivity index (χ1) is 35.2. The molecule has 12 rings (SSSR count). The molecule has 0 unspecified atom stereocenters. The number of hydrogen-bond acceptors (Lipinski definition) is 8. The zero-order chi connectivity index (χ0) is 49.6. The van der Waals surface area contributed by atoms with Crippen molar-refractivity contribution in [3.8, 4) is 0 Å².